The van der Waals surface area contributed by atoms with Crippen LogP contribution in [0, 0.1) is 11.8 Å². The summed E-state index contributed by atoms with van der Waals surface area (Å²) in [5.41, 5.74) is 1.92. The molecule has 4 nitrogen and oxygen atoms in total. The van der Waals surface area contributed by atoms with E-state index >= 15 is 0 Å². The summed E-state index contributed by atoms with van der Waals surface area (Å²) < 4.78 is 0. The van der Waals surface area contributed by atoms with Crippen molar-refractivity contribution in [2.45, 2.75) is 38.5 Å². The minimum absolute atomic E-state index is 0.0336. The van der Waals surface area contributed by atoms with E-state index in [0.29, 0.717) is 28.7 Å². The normalized spacial score (nSPS) is 22.1. The van der Waals surface area contributed by atoms with Crippen LogP contribution in [0.4, 0.5) is 5.69 Å². The Morgan fingerprint density at radius 1 is 1.12 bits per heavy atom. The van der Waals surface area contributed by atoms with Crippen LogP contribution in [0.5, 0.6) is 0 Å². The fourth-order valence-electron chi connectivity index (χ4n) is 3.20. The SMILES string of the molecule is O=C(NCCC1=CCCCC1)C1CC1C(=O)Nc1cc(Cl)ccc1Cl. The molecule has 2 N–H and O–H groups in total. The van der Waals surface area contributed by atoms with Gasteiger partial charge in [-0.1, -0.05) is 34.9 Å². The Labute approximate surface area is 158 Å². The minimum Gasteiger partial charge on any atom is -0.356 e. The van der Waals surface area contributed by atoms with Crippen molar-refractivity contribution in [3.63, 3.8) is 0 Å². The van der Waals surface area contributed by atoms with Gasteiger partial charge in [-0.3, -0.25) is 9.59 Å². The fourth-order valence-corrected chi connectivity index (χ4v) is 3.54. The molecule has 1 aromatic carbocycles. The lowest BCUT2D eigenvalue weighted by atomic mass is 9.97. The van der Waals surface area contributed by atoms with Gasteiger partial charge in [-0.2, -0.15) is 0 Å². The smallest absolute Gasteiger partial charge is 0.228 e. The number of rotatable bonds is 6. The first-order chi connectivity index (χ1) is 12.0. The summed E-state index contributed by atoms with van der Waals surface area (Å²) in [5, 5.41) is 6.65. The molecule has 2 aliphatic rings. The summed E-state index contributed by atoms with van der Waals surface area (Å²) in [6.45, 7) is 0.648. The molecule has 3 rings (SSSR count). The van der Waals surface area contributed by atoms with Crippen LogP contribution in [0.3, 0.4) is 0 Å². The van der Waals surface area contributed by atoms with Crippen LogP contribution in [0.2, 0.25) is 10.0 Å². The topological polar surface area (TPSA) is 58.2 Å². The molecule has 1 fully saturated rings. The van der Waals surface area contributed by atoms with Crippen LogP contribution in [-0.2, 0) is 9.59 Å². The number of amides is 2. The predicted octanol–water partition coefficient (Wildman–Crippen LogP) is 4.57. The highest BCUT2D eigenvalue weighted by Crippen LogP contribution is 2.40. The van der Waals surface area contributed by atoms with Crippen LogP contribution < -0.4 is 10.6 Å². The Morgan fingerprint density at radius 2 is 1.92 bits per heavy atom. The number of halogens is 2. The highest BCUT2D eigenvalue weighted by Gasteiger charge is 2.48. The molecule has 1 saturated carbocycles. The van der Waals surface area contributed by atoms with Gasteiger partial charge in [0.25, 0.3) is 0 Å². The Kier molecular flexibility index (Phi) is 6.02. The lowest BCUT2D eigenvalue weighted by Gasteiger charge is -2.13. The van der Waals surface area contributed by atoms with E-state index in [1.54, 1.807) is 18.2 Å². The summed E-state index contributed by atoms with van der Waals surface area (Å²) in [6.07, 6.45) is 8.59. The molecule has 25 heavy (non-hydrogen) atoms. The molecule has 0 spiro atoms. The van der Waals surface area contributed by atoms with Gasteiger partial charge in [-0.05, 0) is 56.7 Å². The van der Waals surface area contributed by atoms with Crippen molar-refractivity contribution in [2.75, 3.05) is 11.9 Å². The largest absolute Gasteiger partial charge is 0.356 e. The van der Waals surface area contributed by atoms with Crippen molar-refractivity contribution in [3.8, 4) is 0 Å². The maximum atomic E-state index is 12.3. The molecule has 2 aliphatic carbocycles. The van der Waals surface area contributed by atoms with Crippen molar-refractivity contribution in [1.29, 1.82) is 0 Å². The second-order valence-corrected chi connectivity index (χ2v) is 7.55. The molecule has 134 valence electrons. The number of nitrogens with one attached hydrogen (secondary N) is 2. The van der Waals surface area contributed by atoms with Gasteiger partial charge < -0.3 is 10.6 Å². The molecule has 0 aromatic heterocycles. The highest BCUT2D eigenvalue weighted by atomic mass is 35.5. The number of carbonyl (C=O) groups excluding carboxylic acids is 2. The molecule has 1 aromatic rings. The molecule has 2 unspecified atom stereocenters. The maximum Gasteiger partial charge on any atom is 0.228 e. The molecular weight excluding hydrogens is 359 g/mol. The van der Waals surface area contributed by atoms with E-state index < -0.39 is 0 Å². The third-order valence-corrected chi connectivity index (χ3v) is 5.35. The van der Waals surface area contributed by atoms with E-state index in [4.69, 9.17) is 23.2 Å². The van der Waals surface area contributed by atoms with Crippen molar-refractivity contribution in [2.24, 2.45) is 11.8 Å². The average molecular weight is 381 g/mol. The summed E-state index contributed by atoms with van der Waals surface area (Å²) in [6, 6.07) is 4.91. The fraction of sp³-hybridized carbons (Fsp3) is 0.474. The van der Waals surface area contributed by atoms with E-state index in [-0.39, 0.29) is 23.7 Å². The van der Waals surface area contributed by atoms with Gasteiger partial charge in [-0.25, -0.2) is 0 Å². The molecule has 0 radical (unpaired) electrons. The molecule has 0 heterocycles. The molecular formula is C19H22Cl2N2O2. The van der Waals surface area contributed by atoms with Crippen LogP contribution in [0.1, 0.15) is 38.5 Å². The number of benzene rings is 1. The van der Waals surface area contributed by atoms with E-state index in [1.807, 2.05) is 0 Å². The zero-order valence-electron chi connectivity index (χ0n) is 14.0. The Balaban J connectivity index is 1.43. The van der Waals surface area contributed by atoms with Crippen LogP contribution in [0.25, 0.3) is 0 Å². The zero-order chi connectivity index (χ0) is 17.8. The third kappa shape index (κ3) is 4.99. The van der Waals surface area contributed by atoms with Gasteiger partial charge in [-0.15, -0.1) is 0 Å². The van der Waals surface area contributed by atoms with Crippen LogP contribution >= 0.6 is 23.2 Å². The van der Waals surface area contributed by atoms with Crippen LogP contribution in [0.15, 0.2) is 29.8 Å². The van der Waals surface area contributed by atoms with Gasteiger partial charge in [0.1, 0.15) is 0 Å². The van der Waals surface area contributed by atoms with Gasteiger partial charge in [0.15, 0.2) is 0 Å². The summed E-state index contributed by atoms with van der Waals surface area (Å²) >= 11 is 12.0. The van der Waals surface area contributed by atoms with Crippen LogP contribution in [-0.4, -0.2) is 18.4 Å². The first-order valence-corrected chi connectivity index (χ1v) is 9.51. The second kappa shape index (κ2) is 8.24. The van der Waals surface area contributed by atoms with Gasteiger partial charge in [0.2, 0.25) is 11.8 Å². The Hall–Kier alpha value is -1.52. The monoisotopic (exact) mass is 380 g/mol. The van der Waals surface area contributed by atoms with Crippen molar-refractivity contribution < 1.29 is 9.59 Å². The maximum absolute atomic E-state index is 12.3. The van der Waals surface area contributed by atoms with Crippen molar-refractivity contribution in [1.82, 2.24) is 5.32 Å². The van der Waals surface area contributed by atoms with Crippen molar-refractivity contribution >= 4 is 40.7 Å². The number of allylic oxidation sites excluding steroid dienone is 1. The first kappa shape index (κ1) is 18.3. The quantitative estimate of drug-likeness (QED) is 0.709. The number of hydrogen-bond acceptors (Lipinski definition) is 2. The van der Waals surface area contributed by atoms with Crippen molar-refractivity contribution in [3.05, 3.63) is 39.9 Å². The van der Waals surface area contributed by atoms with Gasteiger partial charge in [0, 0.05) is 11.6 Å². The van der Waals surface area contributed by atoms with Gasteiger partial charge >= 0.3 is 0 Å². The summed E-state index contributed by atoms with van der Waals surface area (Å²) in [7, 11) is 0. The molecule has 0 aliphatic heterocycles. The lowest BCUT2D eigenvalue weighted by Crippen LogP contribution is -2.28. The third-order valence-electron chi connectivity index (χ3n) is 4.78. The standard InChI is InChI=1S/C19H22Cl2N2O2/c20-13-6-7-16(21)17(10-13)23-19(25)15-11-14(15)18(24)22-9-8-12-4-2-1-3-5-12/h4,6-7,10,14-15H,1-3,5,8-9,11H2,(H,22,24)(H,23,25). The van der Waals surface area contributed by atoms with E-state index in [0.717, 1.165) is 19.3 Å². The first-order valence-electron chi connectivity index (χ1n) is 8.76. The zero-order valence-corrected chi connectivity index (χ0v) is 15.5. The van der Waals surface area contributed by atoms with E-state index in [1.165, 1.54) is 18.4 Å². The molecule has 0 saturated heterocycles. The highest BCUT2D eigenvalue weighted by molar-refractivity contribution is 6.35. The number of anilines is 1. The lowest BCUT2D eigenvalue weighted by molar-refractivity contribution is -0.125. The molecule has 2 atom stereocenters. The Bertz CT molecular complexity index is 703. The molecule has 0 bridgehead atoms. The Morgan fingerprint density at radius 3 is 2.68 bits per heavy atom. The van der Waals surface area contributed by atoms with Gasteiger partial charge in [0.05, 0.1) is 22.5 Å². The predicted molar refractivity (Wildman–Crippen MR) is 101 cm³/mol. The number of hydrogen-bond donors (Lipinski definition) is 2. The molecule has 6 heteroatoms. The van der Waals surface area contributed by atoms with E-state index in [2.05, 4.69) is 16.7 Å². The summed E-state index contributed by atoms with van der Waals surface area (Å²) in [5.74, 6) is -0.740. The minimum atomic E-state index is -0.288. The number of carbonyl (C=O) groups is 2. The molecule has 2 amide bonds. The summed E-state index contributed by atoms with van der Waals surface area (Å²) in [4.78, 5) is 24.4. The second-order valence-electron chi connectivity index (χ2n) is 6.71. The van der Waals surface area contributed by atoms with E-state index in [9.17, 15) is 9.59 Å². The average Bonchev–Trinajstić information content (AvgIpc) is 3.40.